The van der Waals surface area contributed by atoms with E-state index in [2.05, 4.69) is 28.7 Å². The van der Waals surface area contributed by atoms with Crippen molar-refractivity contribution in [3.05, 3.63) is 15.7 Å². The largest absolute Gasteiger partial charge is 0.493 e. The summed E-state index contributed by atoms with van der Waals surface area (Å²) < 4.78 is 16.3. The van der Waals surface area contributed by atoms with Gasteiger partial charge in [-0.15, -0.1) is 0 Å². The van der Waals surface area contributed by atoms with Crippen molar-refractivity contribution in [1.29, 1.82) is 0 Å². The van der Waals surface area contributed by atoms with E-state index in [1.54, 1.807) is 27.4 Å². The fourth-order valence-electron chi connectivity index (χ4n) is 0.999. The lowest BCUT2D eigenvalue weighted by molar-refractivity contribution is 0.323. The van der Waals surface area contributed by atoms with Gasteiger partial charge in [-0.2, -0.15) is 0 Å². The number of hydrogen-bond acceptors (Lipinski definition) is 3. The van der Waals surface area contributed by atoms with E-state index in [1.165, 1.54) is 0 Å². The maximum atomic E-state index is 5.17. The molecule has 0 amide bonds. The predicted octanol–water partition coefficient (Wildman–Crippen LogP) is 2.12. The second-order valence-electron chi connectivity index (χ2n) is 2.24. The molecule has 0 unspecified atom stereocenters. The molecule has 13 heavy (non-hydrogen) atoms. The molecular weight excluding hydrogens is 283 g/mol. The van der Waals surface area contributed by atoms with Gasteiger partial charge in [0.2, 0.25) is 5.75 Å². The van der Waals surface area contributed by atoms with Gasteiger partial charge in [0, 0.05) is 6.07 Å². The summed E-state index contributed by atoms with van der Waals surface area (Å²) in [4.78, 5) is 0. The van der Waals surface area contributed by atoms with Crippen LogP contribution in [0.4, 0.5) is 0 Å². The van der Waals surface area contributed by atoms with Crippen molar-refractivity contribution in [3.63, 3.8) is 0 Å². The molecule has 4 heteroatoms. The first-order valence-electron chi connectivity index (χ1n) is 3.60. The Bertz CT molecular complexity index is 299. The Morgan fingerprint density at radius 1 is 1.08 bits per heavy atom. The molecule has 1 aromatic carbocycles. The summed E-state index contributed by atoms with van der Waals surface area (Å²) in [6, 6.07) is 4.73. The summed E-state index contributed by atoms with van der Waals surface area (Å²) in [5.41, 5.74) is 0. The highest BCUT2D eigenvalue weighted by Crippen LogP contribution is 2.39. The van der Waals surface area contributed by atoms with Gasteiger partial charge in [-0.3, -0.25) is 0 Å². The zero-order valence-electron chi connectivity index (χ0n) is 7.68. The Balaban J connectivity index is 3.27. The summed E-state index contributed by atoms with van der Waals surface area (Å²) in [6.07, 6.45) is 0. The lowest BCUT2D eigenvalue weighted by Crippen LogP contribution is -1.96. The van der Waals surface area contributed by atoms with Gasteiger partial charge in [0.15, 0.2) is 11.5 Å². The molecule has 1 rings (SSSR count). The van der Waals surface area contributed by atoms with E-state index < -0.39 is 0 Å². The summed E-state index contributed by atoms with van der Waals surface area (Å²) in [5.74, 6) is 1.88. The maximum Gasteiger partial charge on any atom is 0.204 e. The standard InChI is InChI=1S/C9H10IO3/c1-11-7-5-4-6(10)8(12-2)9(7)13-3/h5H,1-3H3. The van der Waals surface area contributed by atoms with Crippen molar-refractivity contribution in [1.82, 2.24) is 0 Å². The van der Waals surface area contributed by atoms with Crippen molar-refractivity contribution in [2.75, 3.05) is 21.3 Å². The lowest BCUT2D eigenvalue weighted by Gasteiger charge is -2.12. The fourth-order valence-corrected chi connectivity index (χ4v) is 1.62. The molecule has 0 atom stereocenters. The number of rotatable bonds is 3. The maximum absolute atomic E-state index is 5.17. The van der Waals surface area contributed by atoms with Crippen molar-refractivity contribution in [2.24, 2.45) is 0 Å². The van der Waals surface area contributed by atoms with Gasteiger partial charge in [-0.25, -0.2) is 0 Å². The molecule has 0 aliphatic rings. The van der Waals surface area contributed by atoms with Gasteiger partial charge in [-0.05, 0) is 28.7 Å². The molecule has 0 N–H and O–H groups in total. The van der Waals surface area contributed by atoms with Crippen LogP contribution >= 0.6 is 22.6 Å². The molecule has 0 spiro atoms. The zero-order chi connectivity index (χ0) is 9.84. The van der Waals surface area contributed by atoms with Crippen LogP contribution in [-0.4, -0.2) is 21.3 Å². The molecule has 1 aromatic rings. The van der Waals surface area contributed by atoms with Crippen LogP contribution in [0.1, 0.15) is 0 Å². The predicted molar refractivity (Wildman–Crippen MR) is 57.7 cm³/mol. The van der Waals surface area contributed by atoms with Crippen molar-refractivity contribution in [3.8, 4) is 17.2 Å². The highest BCUT2D eigenvalue weighted by Gasteiger charge is 2.13. The Morgan fingerprint density at radius 2 is 1.69 bits per heavy atom. The molecule has 0 aliphatic heterocycles. The molecule has 0 heterocycles. The van der Waals surface area contributed by atoms with E-state index >= 15 is 0 Å². The third-order valence-electron chi connectivity index (χ3n) is 1.59. The number of ether oxygens (including phenoxy) is 3. The van der Waals surface area contributed by atoms with Crippen LogP contribution in [0.15, 0.2) is 6.07 Å². The fraction of sp³-hybridized carbons (Fsp3) is 0.333. The smallest absolute Gasteiger partial charge is 0.204 e. The minimum absolute atomic E-state index is 0.605. The topological polar surface area (TPSA) is 27.7 Å². The lowest BCUT2D eigenvalue weighted by atomic mass is 10.3. The normalized spacial score (nSPS) is 9.54. The molecule has 0 bridgehead atoms. The Morgan fingerprint density at radius 3 is 2.15 bits per heavy atom. The van der Waals surface area contributed by atoms with E-state index in [0.29, 0.717) is 17.2 Å². The zero-order valence-corrected chi connectivity index (χ0v) is 9.84. The van der Waals surface area contributed by atoms with Gasteiger partial charge >= 0.3 is 0 Å². The van der Waals surface area contributed by atoms with Crippen LogP contribution in [0.25, 0.3) is 0 Å². The van der Waals surface area contributed by atoms with Crippen molar-refractivity contribution >= 4 is 22.6 Å². The van der Waals surface area contributed by atoms with Gasteiger partial charge < -0.3 is 14.2 Å². The summed E-state index contributed by atoms with van der Waals surface area (Å²) in [5, 5.41) is 0. The van der Waals surface area contributed by atoms with Crippen LogP contribution in [0.2, 0.25) is 0 Å². The highest BCUT2D eigenvalue weighted by atomic mass is 127. The van der Waals surface area contributed by atoms with E-state index in [1.807, 2.05) is 0 Å². The number of benzene rings is 1. The van der Waals surface area contributed by atoms with Gasteiger partial charge in [-0.1, -0.05) is 0 Å². The summed E-state index contributed by atoms with van der Waals surface area (Å²) >= 11 is 2.13. The SMILES string of the molecule is COc1c[c]c(I)c(OC)c1OC. The Labute approximate surface area is 91.1 Å². The second-order valence-corrected chi connectivity index (χ2v) is 3.32. The molecular formula is C9H10IO3. The van der Waals surface area contributed by atoms with Gasteiger partial charge in [0.05, 0.1) is 24.9 Å². The monoisotopic (exact) mass is 293 g/mol. The average molecular weight is 293 g/mol. The van der Waals surface area contributed by atoms with Crippen molar-refractivity contribution < 1.29 is 14.2 Å². The number of halogens is 1. The number of methoxy groups -OCH3 is 3. The molecule has 0 aliphatic carbocycles. The van der Waals surface area contributed by atoms with Crippen LogP contribution in [0, 0.1) is 9.64 Å². The molecule has 1 radical (unpaired) electrons. The molecule has 0 saturated heterocycles. The van der Waals surface area contributed by atoms with Crippen LogP contribution in [0.5, 0.6) is 17.2 Å². The van der Waals surface area contributed by atoms with Crippen LogP contribution < -0.4 is 14.2 Å². The first-order valence-corrected chi connectivity index (χ1v) is 4.68. The second kappa shape index (κ2) is 4.55. The van der Waals surface area contributed by atoms with E-state index in [9.17, 15) is 0 Å². The van der Waals surface area contributed by atoms with Gasteiger partial charge in [0.25, 0.3) is 0 Å². The molecule has 3 nitrogen and oxygen atoms in total. The molecule has 0 saturated carbocycles. The Hall–Kier alpha value is -0.650. The highest BCUT2D eigenvalue weighted by molar-refractivity contribution is 14.1. The van der Waals surface area contributed by atoms with Crippen LogP contribution in [-0.2, 0) is 0 Å². The average Bonchev–Trinajstić information content (AvgIpc) is 2.17. The van der Waals surface area contributed by atoms with Gasteiger partial charge in [0.1, 0.15) is 0 Å². The van der Waals surface area contributed by atoms with E-state index in [-0.39, 0.29) is 0 Å². The molecule has 0 aromatic heterocycles. The molecule has 0 fully saturated rings. The van der Waals surface area contributed by atoms with Crippen molar-refractivity contribution in [2.45, 2.75) is 0 Å². The first kappa shape index (κ1) is 10.4. The molecule has 71 valence electrons. The Kier molecular flexibility index (Phi) is 3.65. The van der Waals surface area contributed by atoms with Crippen LogP contribution in [0.3, 0.4) is 0 Å². The summed E-state index contributed by atoms with van der Waals surface area (Å²) in [7, 11) is 4.75. The minimum atomic E-state index is 0.605. The summed E-state index contributed by atoms with van der Waals surface area (Å²) in [6.45, 7) is 0. The third kappa shape index (κ3) is 1.99. The van der Waals surface area contributed by atoms with E-state index in [4.69, 9.17) is 14.2 Å². The minimum Gasteiger partial charge on any atom is -0.493 e. The third-order valence-corrected chi connectivity index (χ3v) is 2.39. The number of hydrogen-bond donors (Lipinski definition) is 0. The first-order chi connectivity index (χ1) is 6.24. The van der Waals surface area contributed by atoms with E-state index in [0.717, 1.165) is 3.57 Å². The quantitative estimate of drug-likeness (QED) is 0.799.